The number of hydrogen-bond donors (Lipinski definition) is 2. The molecule has 0 saturated heterocycles. The van der Waals surface area contributed by atoms with Crippen molar-refractivity contribution in [2.75, 3.05) is 13.2 Å². The van der Waals surface area contributed by atoms with E-state index in [1.807, 2.05) is 0 Å². The first-order valence-electron chi connectivity index (χ1n) is 6.01. The standard InChI is InChI=1S/C13H23NO4/c1-5-6-10(12(17)14-7-8-15)9-11(16)18-13(2,3)4/h5,10,15H,1,6-9H2,2-4H3,(H,14,17). The van der Waals surface area contributed by atoms with Gasteiger partial charge in [0.1, 0.15) is 5.60 Å². The third kappa shape index (κ3) is 7.84. The van der Waals surface area contributed by atoms with Gasteiger partial charge in [0, 0.05) is 6.54 Å². The third-order valence-electron chi connectivity index (χ3n) is 2.07. The van der Waals surface area contributed by atoms with Crippen molar-refractivity contribution in [3.8, 4) is 0 Å². The van der Waals surface area contributed by atoms with E-state index in [1.54, 1.807) is 26.8 Å². The summed E-state index contributed by atoms with van der Waals surface area (Å²) in [6, 6.07) is 0. The summed E-state index contributed by atoms with van der Waals surface area (Å²) in [5.41, 5.74) is -0.558. The van der Waals surface area contributed by atoms with Crippen molar-refractivity contribution in [3.63, 3.8) is 0 Å². The van der Waals surface area contributed by atoms with E-state index in [0.29, 0.717) is 6.42 Å². The topological polar surface area (TPSA) is 75.6 Å². The van der Waals surface area contributed by atoms with Crippen molar-refractivity contribution >= 4 is 11.9 Å². The Balaban J connectivity index is 4.38. The highest BCUT2D eigenvalue weighted by atomic mass is 16.6. The number of aliphatic hydroxyl groups excluding tert-OH is 1. The molecule has 0 saturated carbocycles. The van der Waals surface area contributed by atoms with Gasteiger partial charge in [-0.1, -0.05) is 6.08 Å². The number of aliphatic hydroxyl groups is 1. The van der Waals surface area contributed by atoms with Crippen LogP contribution < -0.4 is 5.32 Å². The molecule has 104 valence electrons. The fraction of sp³-hybridized carbons (Fsp3) is 0.692. The lowest BCUT2D eigenvalue weighted by atomic mass is 10.0. The number of carbonyl (C=O) groups is 2. The lowest BCUT2D eigenvalue weighted by Gasteiger charge is -2.21. The van der Waals surface area contributed by atoms with E-state index in [0.717, 1.165) is 0 Å². The molecule has 0 aromatic heterocycles. The fourth-order valence-electron chi connectivity index (χ4n) is 1.39. The Morgan fingerprint density at radius 2 is 2.06 bits per heavy atom. The molecule has 0 aromatic carbocycles. The van der Waals surface area contributed by atoms with Crippen LogP contribution in [-0.4, -0.2) is 35.7 Å². The van der Waals surface area contributed by atoms with Gasteiger partial charge in [0.2, 0.25) is 5.91 Å². The smallest absolute Gasteiger partial charge is 0.307 e. The molecule has 1 unspecified atom stereocenters. The van der Waals surface area contributed by atoms with E-state index in [9.17, 15) is 9.59 Å². The van der Waals surface area contributed by atoms with Crippen LogP contribution in [0.25, 0.3) is 0 Å². The number of rotatable bonds is 7. The first-order chi connectivity index (χ1) is 8.30. The molecule has 0 fully saturated rings. The zero-order valence-electron chi connectivity index (χ0n) is 11.4. The average molecular weight is 257 g/mol. The maximum atomic E-state index is 11.7. The number of nitrogens with one attached hydrogen (secondary N) is 1. The molecule has 0 aliphatic carbocycles. The Kier molecular flexibility index (Phi) is 7.27. The summed E-state index contributed by atoms with van der Waals surface area (Å²) < 4.78 is 5.17. The Bertz CT molecular complexity index is 294. The van der Waals surface area contributed by atoms with Crippen molar-refractivity contribution in [1.29, 1.82) is 0 Å². The SMILES string of the molecule is C=CCC(CC(=O)OC(C)(C)C)C(=O)NCCO. The van der Waals surface area contributed by atoms with Crippen LogP contribution in [0.5, 0.6) is 0 Å². The number of esters is 1. The van der Waals surface area contributed by atoms with Gasteiger partial charge in [-0.15, -0.1) is 6.58 Å². The molecule has 5 heteroatoms. The summed E-state index contributed by atoms with van der Waals surface area (Å²) in [5, 5.41) is 11.2. The average Bonchev–Trinajstić information content (AvgIpc) is 2.22. The normalized spacial score (nSPS) is 12.7. The maximum absolute atomic E-state index is 11.7. The monoisotopic (exact) mass is 257 g/mol. The molecule has 0 bridgehead atoms. The van der Waals surface area contributed by atoms with Crippen molar-refractivity contribution < 1.29 is 19.4 Å². The molecular weight excluding hydrogens is 234 g/mol. The van der Waals surface area contributed by atoms with Crippen LogP contribution in [-0.2, 0) is 14.3 Å². The largest absolute Gasteiger partial charge is 0.460 e. The summed E-state index contributed by atoms with van der Waals surface area (Å²) in [5.74, 6) is -1.17. The van der Waals surface area contributed by atoms with E-state index < -0.39 is 17.5 Å². The molecule has 0 aromatic rings. The van der Waals surface area contributed by atoms with Crippen LogP contribution in [0.2, 0.25) is 0 Å². The molecular formula is C13H23NO4. The second-order valence-corrected chi connectivity index (χ2v) is 5.03. The van der Waals surface area contributed by atoms with Crippen molar-refractivity contribution in [1.82, 2.24) is 5.32 Å². The van der Waals surface area contributed by atoms with Crippen LogP contribution in [0.3, 0.4) is 0 Å². The summed E-state index contributed by atoms with van der Waals surface area (Å²) in [6.07, 6.45) is 2.00. The van der Waals surface area contributed by atoms with Crippen LogP contribution in [0.4, 0.5) is 0 Å². The van der Waals surface area contributed by atoms with E-state index in [1.165, 1.54) is 0 Å². The third-order valence-corrected chi connectivity index (χ3v) is 2.07. The molecule has 0 rings (SSSR count). The predicted molar refractivity (Wildman–Crippen MR) is 68.9 cm³/mol. The van der Waals surface area contributed by atoms with Gasteiger partial charge in [0.25, 0.3) is 0 Å². The zero-order valence-corrected chi connectivity index (χ0v) is 11.4. The Morgan fingerprint density at radius 1 is 1.44 bits per heavy atom. The van der Waals surface area contributed by atoms with Crippen molar-refractivity contribution in [2.24, 2.45) is 5.92 Å². The molecule has 0 heterocycles. The summed E-state index contributed by atoms with van der Waals surface area (Å²) in [7, 11) is 0. The minimum absolute atomic E-state index is 0.0144. The maximum Gasteiger partial charge on any atom is 0.307 e. The van der Waals surface area contributed by atoms with Crippen LogP contribution in [0.15, 0.2) is 12.7 Å². The van der Waals surface area contributed by atoms with Gasteiger partial charge in [-0.2, -0.15) is 0 Å². The van der Waals surface area contributed by atoms with Gasteiger partial charge < -0.3 is 15.2 Å². The molecule has 18 heavy (non-hydrogen) atoms. The Morgan fingerprint density at radius 3 is 2.50 bits per heavy atom. The zero-order chi connectivity index (χ0) is 14.2. The highest BCUT2D eigenvalue weighted by Crippen LogP contribution is 2.15. The minimum atomic E-state index is -0.558. The second-order valence-electron chi connectivity index (χ2n) is 5.03. The molecule has 0 spiro atoms. The lowest BCUT2D eigenvalue weighted by Crippen LogP contribution is -2.35. The van der Waals surface area contributed by atoms with Gasteiger partial charge in [0.05, 0.1) is 18.9 Å². The predicted octanol–water partition coefficient (Wildman–Crippen LogP) is 1.02. The van der Waals surface area contributed by atoms with Crippen LogP contribution in [0.1, 0.15) is 33.6 Å². The Hall–Kier alpha value is -1.36. The summed E-state index contributed by atoms with van der Waals surface area (Å²) in [6.45, 7) is 8.95. The second kappa shape index (κ2) is 7.87. The van der Waals surface area contributed by atoms with Crippen molar-refractivity contribution in [2.45, 2.75) is 39.2 Å². The molecule has 2 N–H and O–H groups in total. The first kappa shape index (κ1) is 16.6. The van der Waals surface area contributed by atoms with Gasteiger partial charge in [-0.3, -0.25) is 9.59 Å². The van der Waals surface area contributed by atoms with Crippen molar-refractivity contribution in [3.05, 3.63) is 12.7 Å². The molecule has 0 aliphatic heterocycles. The number of amides is 1. The van der Waals surface area contributed by atoms with Gasteiger partial charge >= 0.3 is 5.97 Å². The quantitative estimate of drug-likeness (QED) is 0.527. The molecule has 1 amide bonds. The van der Waals surface area contributed by atoms with Gasteiger partial charge in [0.15, 0.2) is 0 Å². The number of hydrogen-bond acceptors (Lipinski definition) is 4. The minimum Gasteiger partial charge on any atom is -0.460 e. The van der Waals surface area contributed by atoms with Gasteiger partial charge in [-0.25, -0.2) is 0 Å². The molecule has 0 aliphatic rings. The first-order valence-corrected chi connectivity index (χ1v) is 6.01. The summed E-state index contributed by atoms with van der Waals surface area (Å²) >= 11 is 0. The van der Waals surface area contributed by atoms with E-state index in [4.69, 9.17) is 9.84 Å². The van der Waals surface area contributed by atoms with Gasteiger partial charge in [-0.05, 0) is 27.2 Å². The highest BCUT2D eigenvalue weighted by Gasteiger charge is 2.24. The summed E-state index contributed by atoms with van der Waals surface area (Å²) in [4.78, 5) is 23.4. The van der Waals surface area contributed by atoms with Crippen LogP contribution in [0, 0.1) is 5.92 Å². The number of carbonyl (C=O) groups excluding carboxylic acids is 2. The molecule has 0 radical (unpaired) electrons. The van der Waals surface area contributed by atoms with Crippen LogP contribution >= 0.6 is 0 Å². The van der Waals surface area contributed by atoms with E-state index in [-0.39, 0.29) is 25.5 Å². The molecule has 5 nitrogen and oxygen atoms in total. The molecule has 1 atom stereocenters. The number of ether oxygens (including phenoxy) is 1. The highest BCUT2D eigenvalue weighted by molar-refractivity contribution is 5.83. The fourth-order valence-corrected chi connectivity index (χ4v) is 1.39. The lowest BCUT2D eigenvalue weighted by molar-refractivity contribution is -0.157. The van der Waals surface area contributed by atoms with E-state index >= 15 is 0 Å². The van der Waals surface area contributed by atoms with E-state index in [2.05, 4.69) is 11.9 Å². The number of allylic oxidation sites excluding steroid dienone is 1. The Labute approximate surface area is 108 Å².